The molecule has 2 heteroatoms. The van der Waals surface area contributed by atoms with Gasteiger partial charge >= 0.3 is 0 Å². The quantitative estimate of drug-likeness (QED) is 0.679. The number of hydrogen-bond donors (Lipinski definition) is 0. The largest absolute Gasteiger partial charge is 0.207 e. The van der Waals surface area contributed by atoms with Crippen LogP contribution in [0.4, 0.5) is 4.39 Å². The number of rotatable bonds is 2. The fraction of sp³-hybridized carbons (Fsp3) is 0.200. The Bertz CT molecular complexity index is 279. The van der Waals surface area contributed by atoms with Crippen molar-refractivity contribution >= 4 is 22.0 Å². The molecule has 0 spiro atoms. The lowest BCUT2D eigenvalue weighted by Crippen LogP contribution is -1.80. The zero-order valence-electron chi connectivity index (χ0n) is 6.80. The van der Waals surface area contributed by atoms with Crippen molar-refractivity contribution < 1.29 is 4.39 Å². The zero-order valence-corrected chi connectivity index (χ0v) is 8.38. The summed E-state index contributed by atoms with van der Waals surface area (Å²) in [6.45, 7) is 2.01. The predicted molar refractivity (Wildman–Crippen MR) is 53.8 cm³/mol. The highest BCUT2D eigenvalue weighted by atomic mass is 79.9. The van der Waals surface area contributed by atoms with Crippen molar-refractivity contribution in [2.24, 2.45) is 0 Å². The minimum absolute atomic E-state index is 0.195. The fourth-order valence-corrected chi connectivity index (χ4v) is 1.01. The van der Waals surface area contributed by atoms with E-state index in [4.69, 9.17) is 0 Å². The highest BCUT2D eigenvalue weighted by Gasteiger charge is 1.91. The molecule has 0 aliphatic heterocycles. The molecule has 0 saturated carbocycles. The molecule has 0 fully saturated rings. The van der Waals surface area contributed by atoms with E-state index < -0.39 is 0 Å². The monoisotopic (exact) mass is 228 g/mol. The Morgan fingerprint density at radius 2 is 2.25 bits per heavy atom. The molecule has 1 unspecified atom stereocenters. The molecule has 0 radical (unpaired) electrons. The summed E-state index contributed by atoms with van der Waals surface area (Å²) in [5.74, 6) is -0.195. The Morgan fingerprint density at radius 1 is 1.50 bits per heavy atom. The third kappa shape index (κ3) is 3.18. The van der Waals surface area contributed by atoms with Crippen molar-refractivity contribution in [3.05, 3.63) is 41.7 Å². The molecule has 0 aliphatic rings. The molecule has 0 amide bonds. The van der Waals surface area contributed by atoms with E-state index in [1.807, 2.05) is 25.1 Å². The van der Waals surface area contributed by atoms with Gasteiger partial charge in [-0.05, 0) is 24.6 Å². The average Bonchev–Trinajstić information content (AvgIpc) is 2.01. The number of alkyl halides is 1. The molecule has 12 heavy (non-hydrogen) atoms. The second-order valence-corrected chi connectivity index (χ2v) is 4.04. The van der Waals surface area contributed by atoms with Crippen molar-refractivity contribution in [2.75, 3.05) is 0 Å². The van der Waals surface area contributed by atoms with Crippen LogP contribution in [0.15, 0.2) is 30.3 Å². The maximum absolute atomic E-state index is 12.6. The van der Waals surface area contributed by atoms with E-state index in [9.17, 15) is 4.39 Å². The highest BCUT2D eigenvalue weighted by Crippen LogP contribution is 2.08. The Kier molecular flexibility index (Phi) is 3.48. The van der Waals surface area contributed by atoms with E-state index in [-0.39, 0.29) is 5.82 Å². The van der Waals surface area contributed by atoms with Crippen molar-refractivity contribution in [1.29, 1.82) is 0 Å². The molecule has 0 saturated heterocycles. The van der Waals surface area contributed by atoms with Gasteiger partial charge in [-0.1, -0.05) is 40.2 Å². The molecule has 64 valence electrons. The van der Waals surface area contributed by atoms with Gasteiger partial charge in [0.15, 0.2) is 0 Å². The molecule has 0 aromatic heterocycles. The minimum atomic E-state index is -0.195. The first-order valence-electron chi connectivity index (χ1n) is 3.76. The molecule has 0 heterocycles. The lowest BCUT2D eigenvalue weighted by atomic mass is 10.2. The normalized spacial score (nSPS) is 13.6. The Hall–Kier alpha value is -0.630. The van der Waals surface area contributed by atoms with Gasteiger partial charge in [0.1, 0.15) is 5.82 Å². The molecule has 0 aliphatic carbocycles. The van der Waals surface area contributed by atoms with E-state index in [0.717, 1.165) is 5.56 Å². The molecule has 1 rings (SSSR count). The third-order valence-electron chi connectivity index (χ3n) is 1.40. The second-order valence-electron chi connectivity index (χ2n) is 2.59. The highest BCUT2D eigenvalue weighted by molar-refractivity contribution is 9.09. The third-order valence-corrected chi connectivity index (χ3v) is 1.71. The fourth-order valence-electron chi connectivity index (χ4n) is 0.854. The minimum Gasteiger partial charge on any atom is -0.207 e. The van der Waals surface area contributed by atoms with Crippen LogP contribution in [0.3, 0.4) is 0 Å². The van der Waals surface area contributed by atoms with Crippen LogP contribution in [0.2, 0.25) is 0 Å². The standard InChI is InChI=1S/C10H10BrF/c1-8(11)5-6-9-3-2-4-10(12)7-9/h2-8H,1H3/b6-5+. The van der Waals surface area contributed by atoms with Crippen LogP contribution < -0.4 is 0 Å². The van der Waals surface area contributed by atoms with Crippen molar-refractivity contribution in [2.45, 2.75) is 11.8 Å². The zero-order chi connectivity index (χ0) is 8.97. The van der Waals surface area contributed by atoms with Gasteiger partial charge in [-0.2, -0.15) is 0 Å². The van der Waals surface area contributed by atoms with Gasteiger partial charge < -0.3 is 0 Å². The summed E-state index contributed by atoms with van der Waals surface area (Å²) < 4.78 is 12.6. The predicted octanol–water partition coefficient (Wildman–Crippen LogP) is 3.62. The van der Waals surface area contributed by atoms with Crippen LogP contribution in [-0.2, 0) is 0 Å². The first kappa shape index (κ1) is 9.46. The smallest absolute Gasteiger partial charge is 0.123 e. The molecular formula is C10H10BrF. The number of allylic oxidation sites excluding steroid dienone is 1. The SMILES string of the molecule is CC(Br)/C=C/c1cccc(F)c1. The molecule has 0 nitrogen and oxygen atoms in total. The van der Waals surface area contributed by atoms with Crippen LogP contribution in [0.5, 0.6) is 0 Å². The van der Waals surface area contributed by atoms with E-state index in [1.165, 1.54) is 12.1 Å². The van der Waals surface area contributed by atoms with Gasteiger partial charge in [-0.3, -0.25) is 0 Å². The van der Waals surface area contributed by atoms with E-state index in [0.29, 0.717) is 4.83 Å². The van der Waals surface area contributed by atoms with Crippen molar-refractivity contribution in [3.63, 3.8) is 0 Å². The first-order chi connectivity index (χ1) is 5.68. The first-order valence-corrected chi connectivity index (χ1v) is 4.68. The summed E-state index contributed by atoms with van der Waals surface area (Å²) in [6.07, 6.45) is 3.86. The number of hydrogen-bond acceptors (Lipinski definition) is 0. The molecule has 1 aromatic rings. The second kappa shape index (κ2) is 4.41. The summed E-state index contributed by atoms with van der Waals surface area (Å²) in [5.41, 5.74) is 0.890. The summed E-state index contributed by atoms with van der Waals surface area (Å²) >= 11 is 3.37. The van der Waals surface area contributed by atoms with Crippen LogP contribution in [-0.4, -0.2) is 4.83 Å². The maximum Gasteiger partial charge on any atom is 0.123 e. The summed E-state index contributed by atoms with van der Waals surface area (Å²) in [6, 6.07) is 6.52. The Morgan fingerprint density at radius 3 is 2.83 bits per heavy atom. The number of benzene rings is 1. The van der Waals surface area contributed by atoms with Gasteiger partial charge in [-0.25, -0.2) is 4.39 Å². The summed E-state index contributed by atoms with van der Waals surface area (Å²) in [4.78, 5) is 0.320. The molecule has 0 bridgehead atoms. The molecular weight excluding hydrogens is 219 g/mol. The van der Waals surface area contributed by atoms with Gasteiger partial charge in [0.05, 0.1) is 0 Å². The molecule has 0 N–H and O–H groups in total. The topological polar surface area (TPSA) is 0 Å². The van der Waals surface area contributed by atoms with Crippen LogP contribution in [0.25, 0.3) is 6.08 Å². The van der Waals surface area contributed by atoms with Crippen molar-refractivity contribution in [3.8, 4) is 0 Å². The summed E-state index contributed by atoms with van der Waals surface area (Å²) in [5, 5.41) is 0. The van der Waals surface area contributed by atoms with E-state index in [2.05, 4.69) is 15.9 Å². The maximum atomic E-state index is 12.6. The van der Waals surface area contributed by atoms with Crippen LogP contribution >= 0.6 is 15.9 Å². The average molecular weight is 229 g/mol. The summed E-state index contributed by atoms with van der Waals surface area (Å²) in [7, 11) is 0. The van der Waals surface area contributed by atoms with Gasteiger partial charge in [0.2, 0.25) is 0 Å². The van der Waals surface area contributed by atoms with Gasteiger partial charge in [0, 0.05) is 4.83 Å². The van der Waals surface area contributed by atoms with E-state index in [1.54, 1.807) is 6.07 Å². The van der Waals surface area contributed by atoms with Crippen LogP contribution in [0.1, 0.15) is 12.5 Å². The van der Waals surface area contributed by atoms with Gasteiger partial charge in [-0.15, -0.1) is 0 Å². The van der Waals surface area contributed by atoms with E-state index >= 15 is 0 Å². The lowest BCUT2D eigenvalue weighted by Gasteiger charge is -1.94. The number of halogens is 2. The Balaban J connectivity index is 2.76. The molecule has 1 atom stereocenters. The lowest BCUT2D eigenvalue weighted by molar-refractivity contribution is 0.627. The van der Waals surface area contributed by atoms with Gasteiger partial charge in [0.25, 0.3) is 0 Å². The Labute approximate surface area is 80.2 Å². The molecule has 1 aromatic carbocycles. The van der Waals surface area contributed by atoms with Crippen LogP contribution in [0, 0.1) is 5.82 Å². The van der Waals surface area contributed by atoms with Crippen molar-refractivity contribution in [1.82, 2.24) is 0 Å².